The maximum Gasteiger partial charge on any atom is 0.134 e. The van der Waals surface area contributed by atoms with Crippen LogP contribution in [0, 0.1) is 0 Å². The molecular weight excluding hydrogens is 254 g/mol. The molecule has 1 aliphatic rings. The van der Waals surface area contributed by atoms with Crippen molar-refractivity contribution in [2.24, 2.45) is 0 Å². The van der Waals surface area contributed by atoms with Crippen LogP contribution in [-0.2, 0) is 4.74 Å². The summed E-state index contributed by atoms with van der Waals surface area (Å²) in [7, 11) is 2.13. The van der Waals surface area contributed by atoms with Crippen molar-refractivity contribution >= 4 is 11.6 Å². The molecule has 1 aromatic rings. The van der Waals surface area contributed by atoms with E-state index in [4.69, 9.17) is 4.74 Å². The molecule has 0 unspecified atom stereocenters. The number of hydrogen-bond acceptors (Lipinski definition) is 6. The van der Waals surface area contributed by atoms with E-state index in [9.17, 15) is 0 Å². The van der Waals surface area contributed by atoms with Gasteiger partial charge in [-0.1, -0.05) is 0 Å². The van der Waals surface area contributed by atoms with Crippen molar-refractivity contribution in [3.05, 3.63) is 12.4 Å². The smallest absolute Gasteiger partial charge is 0.134 e. The maximum atomic E-state index is 5.36. The van der Waals surface area contributed by atoms with Crippen molar-refractivity contribution in [1.29, 1.82) is 0 Å². The highest BCUT2D eigenvalue weighted by molar-refractivity contribution is 5.48. The average molecular weight is 279 g/mol. The van der Waals surface area contributed by atoms with E-state index in [1.54, 1.807) is 6.33 Å². The lowest BCUT2D eigenvalue weighted by molar-refractivity contribution is 0.122. The topological polar surface area (TPSA) is 53.5 Å². The Bertz CT molecular complexity index is 406. The Morgan fingerprint density at radius 1 is 1.35 bits per heavy atom. The first kappa shape index (κ1) is 15.0. The summed E-state index contributed by atoms with van der Waals surface area (Å²) in [6, 6.07) is 2.58. The van der Waals surface area contributed by atoms with Crippen molar-refractivity contribution in [2.45, 2.75) is 19.9 Å². The van der Waals surface area contributed by atoms with Crippen LogP contribution in [0.4, 0.5) is 11.6 Å². The van der Waals surface area contributed by atoms with Gasteiger partial charge in [0.25, 0.3) is 0 Å². The molecule has 1 fully saturated rings. The highest BCUT2D eigenvalue weighted by Gasteiger charge is 2.12. The highest BCUT2D eigenvalue weighted by atomic mass is 16.5. The summed E-state index contributed by atoms with van der Waals surface area (Å²) in [5.41, 5.74) is 0. The number of likely N-dealkylation sites (N-methyl/N-ethyl adjacent to an activating group) is 1. The molecule has 1 aromatic heterocycles. The number of aromatic nitrogens is 2. The largest absolute Gasteiger partial charge is 0.378 e. The first-order chi connectivity index (χ1) is 9.66. The van der Waals surface area contributed by atoms with E-state index < -0.39 is 0 Å². The zero-order chi connectivity index (χ0) is 14.4. The Morgan fingerprint density at radius 2 is 2.10 bits per heavy atom. The quantitative estimate of drug-likeness (QED) is 0.840. The Hall–Kier alpha value is -1.40. The van der Waals surface area contributed by atoms with Gasteiger partial charge in [0.1, 0.15) is 18.0 Å². The minimum atomic E-state index is 0.561. The molecule has 6 heteroatoms. The second kappa shape index (κ2) is 7.40. The van der Waals surface area contributed by atoms with E-state index in [1.807, 2.05) is 6.07 Å². The van der Waals surface area contributed by atoms with Crippen LogP contribution in [-0.4, -0.2) is 67.4 Å². The molecule has 1 aliphatic heterocycles. The Morgan fingerprint density at radius 3 is 2.80 bits per heavy atom. The maximum absolute atomic E-state index is 5.36. The molecule has 1 saturated heterocycles. The summed E-state index contributed by atoms with van der Waals surface area (Å²) < 4.78 is 5.36. The number of rotatable bonds is 6. The van der Waals surface area contributed by atoms with Crippen LogP contribution >= 0.6 is 0 Å². The molecule has 0 aliphatic carbocycles. The van der Waals surface area contributed by atoms with E-state index >= 15 is 0 Å². The van der Waals surface area contributed by atoms with E-state index in [2.05, 4.69) is 46.0 Å². The second-order valence-corrected chi connectivity index (χ2v) is 5.36. The first-order valence-corrected chi connectivity index (χ1v) is 7.25. The summed E-state index contributed by atoms with van der Waals surface area (Å²) in [6.07, 6.45) is 1.62. The van der Waals surface area contributed by atoms with Gasteiger partial charge in [-0.2, -0.15) is 0 Å². The molecule has 0 saturated carbocycles. The molecule has 1 N–H and O–H groups in total. The minimum Gasteiger partial charge on any atom is -0.378 e. The van der Waals surface area contributed by atoms with Crippen LogP contribution in [0.25, 0.3) is 0 Å². The van der Waals surface area contributed by atoms with E-state index in [1.165, 1.54) is 0 Å². The highest BCUT2D eigenvalue weighted by Crippen LogP contribution is 2.15. The van der Waals surface area contributed by atoms with Crippen LogP contribution in [0.1, 0.15) is 13.8 Å². The number of nitrogens with one attached hydrogen (secondary N) is 1. The van der Waals surface area contributed by atoms with Gasteiger partial charge in [-0.3, -0.25) is 0 Å². The molecule has 2 rings (SSSR count). The van der Waals surface area contributed by atoms with Crippen LogP contribution < -0.4 is 10.2 Å². The van der Waals surface area contributed by atoms with Crippen molar-refractivity contribution in [1.82, 2.24) is 14.9 Å². The van der Waals surface area contributed by atoms with Gasteiger partial charge in [0, 0.05) is 38.3 Å². The van der Waals surface area contributed by atoms with Crippen molar-refractivity contribution in [2.75, 3.05) is 56.7 Å². The van der Waals surface area contributed by atoms with Crippen LogP contribution in [0.5, 0.6) is 0 Å². The minimum absolute atomic E-state index is 0.561. The number of ether oxygens (including phenoxy) is 1. The molecule has 0 amide bonds. The first-order valence-electron chi connectivity index (χ1n) is 7.25. The molecule has 20 heavy (non-hydrogen) atoms. The normalized spacial score (nSPS) is 15.9. The van der Waals surface area contributed by atoms with Gasteiger partial charge in [-0.05, 0) is 20.9 Å². The monoisotopic (exact) mass is 279 g/mol. The molecule has 0 radical (unpaired) electrons. The van der Waals surface area contributed by atoms with Crippen LogP contribution in [0.3, 0.4) is 0 Å². The lowest BCUT2D eigenvalue weighted by atomic mass is 10.3. The Balaban J connectivity index is 1.86. The van der Waals surface area contributed by atoms with Gasteiger partial charge in [0.05, 0.1) is 13.2 Å². The van der Waals surface area contributed by atoms with Crippen molar-refractivity contribution in [3.8, 4) is 0 Å². The standard InChI is InChI=1S/C14H25N5O/c1-12(2)18(3)5-4-15-13-10-14(17-11-16-13)19-6-8-20-9-7-19/h10-12H,4-9H2,1-3H3,(H,15,16,17). The predicted molar refractivity (Wildman–Crippen MR) is 81.3 cm³/mol. The lowest BCUT2D eigenvalue weighted by Gasteiger charge is -2.27. The summed E-state index contributed by atoms with van der Waals surface area (Å²) in [4.78, 5) is 13.2. The van der Waals surface area contributed by atoms with Gasteiger partial charge in [0.15, 0.2) is 0 Å². The summed E-state index contributed by atoms with van der Waals surface area (Å²) in [6.45, 7) is 9.60. The fourth-order valence-corrected chi connectivity index (χ4v) is 2.03. The molecular formula is C14H25N5O. The van der Waals surface area contributed by atoms with E-state index in [0.29, 0.717) is 6.04 Å². The summed E-state index contributed by atoms with van der Waals surface area (Å²) in [5.74, 6) is 1.86. The fourth-order valence-electron chi connectivity index (χ4n) is 2.03. The van der Waals surface area contributed by atoms with E-state index in [0.717, 1.165) is 51.0 Å². The Labute approximate surface area is 121 Å². The summed E-state index contributed by atoms with van der Waals surface area (Å²) >= 11 is 0. The van der Waals surface area contributed by atoms with Crippen LogP contribution in [0.2, 0.25) is 0 Å². The van der Waals surface area contributed by atoms with Gasteiger partial charge >= 0.3 is 0 Å². The zero-order valence-corrected chi connectivity index (χ0v) is 12.7. The number of morpholine rings is 1. The predicted octanol–water partition coefficient (Wildman–Crippen LogP) is 1.07. The Kier molecular flexibility index (Phi) is 5.55. The third-order valence-electron chi connectivity index (χ3n) is 3.64. The van der Waals surface area contributed by atoms with E-state index in [-0.39, 0.29) is 0 Å². The molecule has 0 spiro atoms. The summed E-state index contributed by atoms with van der Waals surface area (Å²) in [5, 5.41) is 3.36. The molecule has 0 aromatic carbocycles. The number of anilines is 2. The molecule has 0 bridgehead atoms. The van der Waals surface area contributed by atoms with Gasteiger partial charge < -0.3 is 19.9 Å². The SMILES string of the molecule is CC(C)N(C)CCNc1cc(N2CCOCC2)ncn1. The number of nitrogens with zero attached hydrogens (tertiary/aromatic N) is 4. The zero-order valence-electron chi connectivity index (χ0n) is 12.7. The van der Waals surface area contributed by atoms with Gasteiger partial charge in [0.2, 0.25) is 0 Å². The third kappa shape index (κ3) is 4.31. The average Bonchev–Trinajstić information content (AvgIpc) is 2.48. The van der Waals surface area contributed by atoms with Gasteiger partial charge in [-0.15, -0.1) is 0 Å². The van der Waals surface area contributed by atoms with Gasteiger partial charge in [-0.25, -0.2) is 9.97 Å². The fraction of sp³-hybridized carbons (Fsp3) is 0.714. The van der Waals surface area contributed by atoms with Crippen molar-refractivity contribution in [3.63, 3.8) is 0 Å². The molecule has 2 heterocycles. The lowest BCUT2D eigenvalue weighted by Crippen LogP contribution is -2.36. The molecule has 6 nitrogen and oxygen atoms in total. The molecule has 112 valence electrons. The van der Waals surface area contributed by atoms with Crippen molar-refractivity contribution < 1.29 is 4.74 Å². The second-order valence-electron chi connectivity index (χ2n) is 5.36. The number of hydrogen-bond donors (Lipinski definition) is 1. The molecule has 0 atom stereocenters. The third-order valence-corrected chi connectivity index (χ3v) is 3.64. The van der Waals surface area contributed by atoms with Crippen LogP contribution in [0.15, 0.2) is 12.4 Å².